The van der Waals surface area contributed by atoms with E-state index in [1.807, 2.05) is 4.57 Å². The maximum absolute atomic E-state index is 16.2. The minimum absolute atomic E-state index is 0.0927. The zero-order valence-electron chi connectivity index (χ0n) is 21.2. The fourth-order valence-electron chi connectivity index (χ4n) is 5.21. The number of aromatic nitrogens is 4. The number of fused-ring (bicyclic) bond motifs is 1. The first-order chi connectivity index (χ1) is 18.7. The highest BCUT2D eigenvalue weighted by Gasteiger charge is 2.28. The molecule has 1 unspecified atom stereocenters. The Hall–Kier alpha value is -3.92. The van der Waals surface area contributed by atoms with E-state index in [0.29, 0.717) is 39.8 Å². The summed E-state index contributed by atoms with van der Waals surface area (Å²) in [7, 11) is 0. The smallest absolute Gasteiger partial charge is 0.433 e. The van der Waals surface area contributed by atoms with Gasteiger partial charge in [-0.1, -0.05) is 49.6 Å². The van der Waals surface area contributed by atoms with Crippen LogP contribution in [0.2, 0.25) is 5.02 Å². The number of nitrogens with two attached hydrogens (primary N) is 1. The topological polar surface area (TPSA) is 119 Å². The second-order valence-electron chi connectivity index (χ2n) is 9.99. The summed E-state index contributed by atoms with van der Waals surface area (Å²) < 4.78 is 32.7. The van der Waals surface area contributed by atoms with Gasteiger partial charge in [-0.3, -0.25) is 4.98 Å². The number of carboxylic acid groups (broad SMARTS) is 1. The molecule has 0 spiro atoms. The van der Waals surface area contributed by atoms with Gasteiger partial charge >= 0.3 is 6.09 Å². The molecule has 39 heavy (non-hydrogen) atoms. The molecule has 0 aliphatic heterocycles. The largest absolute Gasteiger partial charge is 0.463 e. The van der Waals surface area contributed by atoms with Crippen molar-refractivity contribution in [3.05, 3.63) is 76.7 Å². The molecular weight excluding hydrogens is 526 g/mol. The maximum atomic E-state index is 16.2. The fourth-order valence-corrected chi connectivity index (χ4v) is 5.39. The molecule has 11 heteroatoms. The Morgan fingerprint density at radius 3 is 2.64 bits per heavy atom. The summed E-state index contributed by atoms with van der Waals surface area (Å²) in [5.74, 6) is -0.312. The second kappa shape index (κ2) is 11.1. The van der Waals surface area contributed by atoms with Crippen LogP contribution in [0.5, 0.6) is 0 Å². The van der Waals surface area contributed by atoms with Crippen LogP contribution in [-0.4, -0.2) is 36.6 Å². The van der Waals surface area contributed by atoms with Crippen molar-refractivity contribution < 1.29 is 18.7 Å². The number of rotatable bonds is 6. The van der Waals surface area contributed by atoms with Gasteiger partial charge in [0.2, 0.25) is 0 Å². The number of carbonyl (C=O) groups is 1. The van der Waals surface area contributed by atoms with E-state index in [0.717, 1.165) is 25.7 Å². The summed E-state index contributed by atoms with van der Waals surface area (Å²) >= 11 is 6.24. The first-order valence-electron chi connectivity index (χ1n) is 12.7. The molecule has 1 aliphatic carbocycles. The van der Waals surface area contributed by atoms with E-state index in [1.54, 1.807) is 24.4 Å². The van der Waals surface area contributed by atoms with Crippen molar-refractivity contribution in [1.29, 1.82) is 0 Å². The van der Waals surface area contributed by atoms with Crippen LogP contribution in [0.3, 0.4) is 0 Å². The molecule has 4 aromatic rings. The highest BCUT2D eigenvalue weighted by molar-refractivity contribution is 6.30. The number of hydrogen-bond acceptors (Lipinski definition) is 4. The fraction of sp³-hybridized carbons (Fsp3) is 0.321. The summed E-state index contributed by atoms with van der Waals surface area (Å²) in [5.41, 5.74) is 7.69. The van der Waals surface area contributed by atoms with Crippen molar-refractivity contribution >= 4 is 34.6 Å². The van der Waals surface area contributed by atoms with Gasteiger partial charge in [0.1, 0.15) is 11.5 Å². The summed E-state index contributed by atoms with van der Waals surface area (Å²) in [6.07, 6.45) is 3.81. The number of aliphatic imine (C=N–C) groups is 1. The normalized spacial score (nSPS) is 18.8. The van der Waals surface area contributed by atoms with Gasteiger partial charge in [-0.05, 0) is 42.9 Å². The van der Waals surface area contributed by atoms with Crippen LogP contribution in [-0.2, 0) is 6.54 Å². The van der Waals surface area contributed by atoms with Gasteiger partial charge < -0.3 is 15.4 Å². The van der Waals surface area contributed by atoms with E-state index in [2.05, 4.69) is 26.9 Å². The zero-order valence-corrected chi connectivity index (χ0v) is 21.9. The molecule has 3 N–H and O–H groups in total. The SMILES string of the molecule is CC1CCC(Cn2c(C(F)c3ccccc3F)cc3nc(/C(N)=N/C(=O)O)nc(-c4cncc(Cl)c4)c32)CC1. The Kier molecular flexibility index (Phi) is 7.56. The van der Waals surface area contributed by atoms with Gasteiger partial charge in [0, 0.05) is 30.1 Å². The maximum Gasteiger partial charge on any atom is 0.433 e. The molecule has 1 fully saturated rings. The first kappa shape index (κ1) is 26.7. The number of alkyl halides is 1. The highest BCUT2D eigenvalue weighted by atomic mass is 35.5. The van der Waals surface area contributed by atoms with Crippen molar-refractivity contribution in [2.24, 2.45) is 22.6 Å². The molecule has 5 rings (SSSR count). The second-order valence-corrected chi connectivity index (χ2v) is 10.4. The summed E-state index contributed by atoms with van der Waals surface area (Å²) in [5, 5.41) is 9.46. The van der Waals surface area contributed by atoms with Crippen molar-refractivity contribution in [1.82, 2.24) is 19.5 Å². The first-order valence-corrected chi connectivity index (χ1v) is 13.1. The third kappa shape index (κ3) is 5.61. The van der Waals surface area contributed by atoms with Gasteiger partial charge in [0.15, 0.2) is 17.8 Å². The average Bonchev–Trinajstić information content (AvgIpc) is 3.27. The lowest BCUT2D eigenvalue weighted by Gasteiger charge is -2.28. The minimum atomic E-state index is -1.79. The Morgan fingerprint density at radius 2 is 1.95 bits per heavy atom. The van der Waals surface area contributed by atoms with Crippen LogP contribution >= 0.6 is 11.6 Å². The van der Waals surface area contributed by atoms with Crippen molar-refractivity contribution in [3.8, 4) is 11.3 Å². The third-order valence-electron chi connectivity index (χ3n) is 7.21. The number of benzene rings is 1. The van der Waals surface area contributed by atoms with Gasteiger partial charge in [0.25, 0.3) is 0 Å². The lowest BCUT2D eigenvalue weighted by molar-refractivity contribution is 0.205. The van der Waals surface area contributed by atoms with Crippen molar-refractivity contribution in [2.75, 3.05) is 0 Å². The number of amidine groups is 1. The minimum Gasteiger partial charge on any atom is -0.463 e. The van der Waals surface area contributed by atoms with Crippen LogP contribution in [0.25, 0.3) is 22.3 Å². The molecule has 1 saturated carbocycles. The molecule has 3 heterocycles. The molecule has 3 aromatic heterocycles. The van der Waals surface area contributed by atoms with Crippen LogP contribution in [0, 0.1) is 17.7 Å². The number of amides is 1. The van der Waals surface area contributed by atoms with Gasteiger partial charge in [-0.25, -0.2) is 23.5 Å². The number of pyridine rings is 1. The molecular formula is C28H27ClF2N6O2. The van der Waals surface area contributed by atoms with E-state index < -0.39 is 23.9 Å². The van der Waals surface area contributed by atoms with Crippen molar-refractivity contribution in [2.45, 2.75) is 45.3 Å². The van der Waals surface area contributed by atoms with Gasteiger partial charge in [0.05, 0.1) is 21.7 Å². The number of hydrogen-bond donors (Lipinski definition) is 2. The van der Waals surface area contributed by atoms with Crippen LogP contribution < -0.4 is 5.73 Å². The number of nitrogens with zero attached hydrogens (tertiary/aromatic N) is 5. The van der Waals surface area contributed by atoms with E-state index in [1.165, 1.54) is 24.4 Å². The van der Waals surface area contributed by atoms with E-state index >= 15 is 4.39 Å². The highest BCUT2D eigenvalue weighted by Crippen LogP contribution is 2.38. The Morgan fingerprint density at radius 1 is 1.21 bits per heavy atom. The lowest BCUT2D eigenvalue weighted by atomic mass is 9.83. The van der Waals surface area contributed by atoms with Gasteiger partial charge in [-0.15, -0.1) is 0 Å². The molecule has 1 amide bonds. The predicted molar refractivity (Wildman–Crippen MR) is 145 cm³/mol. The molecule has 1 aromatic carbocycles. The molecule has 202 valence electrons. The number of halogens is 3. The molecule has 1 aliphatic rings. The van der Waals surface area contributed by atoms with Crippen LogP contribution in [0.4, 0.5) is 13.6 Å². The Bertz CT molecular complexity index is 1570. The standard InChI is InChI=1S/C28H27ClF2N6O2/c1-15-6-8-16(9-7-15)14-37-22(23(31)19-4-2-3-5-20(19)30)11-21-25(37)24(17-10-18(29)13-33-12-17)35-27(34-21)26(32)36-28(38)39/h2-5,10-13,15-16,23H,6-9,14H2,1H3,(H2,32,36)(H,38,39). The van der Waals surface area contributed by atoms with Gasteiger partial charge in [-0.2, -0.15) is 4.99 Å². The molecule has 0 radical (unpaired) electrons. The van der Waals surface area contributed by atoms with Crippen LogP contribution in [0.15, 0.2) is 53.8 Å². The zero-order chi connectivity index (χ0) is 27.7. The van der Waals surface area contributed by atoms with E-state index in [-0.39, 0.29) is 23.0 Å². The quantitative estimate of drug-likeness (QED) is 0.207. The lowest BCUT2D eigenvalue weighted by Crippen LogP contribution is -2.21. The van der Waals surface area contributed by atoms with E-state index in [4.69, 9.17) is 22.4 Å². The molecule has 0 bridgehead atoms. The van der Waals surface area contributed by atoms with Crippen molar-refractivity contribution in [3.63, 3.8) is 0 Å². The molecule has 1 atom stereocenters. The summed E-state index contributed by atoms with van der Waals surface area (Å²) in [6, 6.07) is 8.93. The third-order valence-corrected chi connectivity index (χ3v) is 7.42. The average molecular weight is 553 g/mol. The summed E-state index contributed by atoms with van der Waals surface area (Å²) in [6.45, 7) is 2.70. The molecule has 8 nitrogen and oxygen atoms in total. The summed E-state index contributed by atoms with van der Waals surface area (Å²) in [4.78, 5) is 27.7. The van der Waals surface area contributed by atoms with E-state index in [9.17, 15) is 9.18 Å². The molecule has 0 saturated heterocycles. The predicted octanol–water partition coefficient (Wildman–Crippen LogP) is 6.55. The Balaban J connectivity index is 1.77. The monoisotopic (exact) mass is 552 g/mol. The Labute approximate surface area is 228 Å². The van der Waals surface area contributed by atoms with Crippen LogP contribution in [0.1, 0.15) is 55.9 Å².